The molecule has 9 heteroatoms. The average molecular weight is 361 g/mol. The van der Waals surface area contributed by atoms with Crippen LogP contribution >= 0.6 is 11.8 Å². The summed E-state index contributed by atoms with van der Waals surface area (Å²) in [4.78, 5) is 13.7. The van der Waals surface area contributed by atoms with Crippen molar-refractivity contribution in [1.29, 1.82) is 0 Å². The minimum absolute atomic E-state index is 0.0153. The van der Waals surface area contributed by atoms with Crippen LogP contribution in [0.1, 0.15) is 18.9 Å². The topological polar surface area (TPSA) is 122 Å². The number of hydrogen-bond donors (Lipinski definition) is 4. The van der Waals surface area contributed by atoms with Crippen molar-refractivity contribution in [2.24, 2.45) is 5.73 Å². The summed E-state index contributed by atoms with van der Waals surface area (Å²) in [7, 11) is -3.89. The van der Waals surface area contributed by atoms with Crippen molar-refractivity contribution in [1.82, 2.24) is 10.3 Å². The molecule has 1 unspecified atom stereocenters. The number of thioether (sulfide) groups is 1. The number of carbonyl (C=O) groups is 1. The van der Waals surface area contributed by atoms with Gasteiger partial charge in [0, 0.05) is 6.04 Å². The van der Waals surface area contributed by atoms with Crippen LogP contribution in [0, 0.1) is 6.92 Å². The van der Waals surface area contributed by atoms with Crippen LogP contribution in [0.4, 0.5) is 0 Å². The first-order chi connectivity index (χ1) is 10.8. The fourth-order valence-electron chi connectivity index (χ4n) is 1.68. The van der Waals surface area contributed by atoms with Crippen LogP contribution in [0.5, 0.6) is 0 Å². The Hall–Kier alpha value is -1.13. The number of benzene rings is 1. The van der Waals surface area contributed by atoms with Gasteiger partial charge in [-0.1, -0.05) is 24.6 Å². The third kappa shape index (κ3) is 6.48. The van der Waals surface area contributed by atoms with E-state index < -0.39 is 28.1 Å². The number of rotatable bonds is 9. The van der Waals surface area contributed by atoms with E-state index in [1.54, 1.807) is 23.9 Å². The monoisotopic (exact) mass is 361 g/mol. The number of hydrogen-bond acceptors (Lipinski definition) is 6. The van der Waals surface area contributed by atoms with Crippen molar-refractivity contribution >= 4 is 27.7 Å². The van der Waals surface area contributed by atoms with Crippen LogP contribution in [0.25, 0.3) is 0 Å². The summed E-state index contributed by atoms with van der Waals surface area (Å²) in [5.74, 6) is 0.761. The number of aliphatic hydroxyl groups is 1. The zero-order valence-corrected chi connectivity index (χ0v) is 14.8. The van der Waals surface area contributed by atoms with Crippen molar-refractivity contribution in [2.45, 2.75) is 37.3 Å². The molecule has 0 radical (unpaired) electrons. The molecule has 1 amide bonds. The zero-order valence-electron chi connectivity index (χ0n) is 13.2. The summed E-state index contributed by atoms with van der Waals surface area (Å²) in [6, 6.07) is 5.39. The van der Waals surface area contributed by atoms with Crippen molar-refractivity contribution in [2.75, 3.05) is 11.5 Å². The van der Waals surface area contributed by atoms with Gasteiger partial charge in [-0.3, -0.25) is 10.2 Å². The first-order valence-corrected chi connectivity index (χ1v) is 9.81. The molecule has 0 aliphatic rings. The van der Waals surface area contributed by atoms with Crippen LogP contribution in [0.3, 0.4) is 0 Å². The molecule has 0 aliphatic heterocycles. The highest BCUT2D eigenvalue weighted by atomic mass is 32.2. The van der Waals surface area contributed by atoms with Crippen LogP contribution < -0.4 is 16.0 Å². The molecule has 0 heterocycles. The lowest BCUT2D eigenvalue weighted by Crippen LogP contribution is -2.52. The fourth-order valence-corrected chi connectivity index (χ4v) is 3.26. The summed E-state index contributed by atoms with van der Waals surface area (Å²) >= 11 is 1.65. The van der Waals surface area contributed by atoms with Gasteiger partial charge in [0.2, 0.25) is 0 Å². The molecule has 23 heavy (non-hydrogen) atoms. The minimum atomic E-state index is -3.89. The Morgan fingerprint density at radius 2 is 1.96 bits per heavy atom. The molecule has 0 saturated carbocycles. The van der Waals surface area contributed by atoms with Gasteiger partial charge in [-0.25, -0.2) is 8.42 Å². The molecule has 0 fully saturated rings. The highest BCUT2D eigenvalue weighted by molar-refractivity contribution is 7.99. The van der Waals surface area contributed by atoms with Crippen molar-refractivity contribution in [3.8, 4) is 0 Å². The second-order valence-corrected chi connectivity index (χ2v) is 8.08. The van der Waals surface area contributed by atoms with E-state index in [1.807, 2.05) is 24.1 Å². The molecule has 0 saturated heterocycles. The van der Waals surface area contributed by atoms with Gasteiger partial charge >= 0.3 is 0 Å². The first kappa shape index (κ1) is 19.9. The highest BCUT2D eigenvalue weighted by Crippen LogP contribution is 2.09. The fraction of sp³-hybridized carbons (Fsp3) is 0.500. The predicted molar refractivity (Wildman–Crippen MR) is 91.2 cm³/mol. The lowest BCUT2D eigenvalue weighted by Gasteiger charge is -2.18. The minimum Gasteiger partial charge on any atom is -0.382 e. The zero-order chi connectivity index (χ0) is 17.5. The quantitative estimate of drug-likeness (QED) is 0.367. The number of carbonyl (C=O) groups excluding carboxylic acids is 1. The Kier molecular flexibility index (Phi) is 8.00. The molecule has 130 valence electrons. The van der Waals surface area contributed by atoms with Crippen molar-refractivity contribution in [3.63, 3.8) is 0 Å². The van der Waals surface area contributed by atoms with E-state index >= 15 is 0 Å². The Balaban J connectivity index is 2.55. The molecule has 1 rings (SSSR count). The van der Waals surface area contributed by atoms with Gasteiger partial charge in [0.15, 0.2) is 0 Å². The number of aliphatic hydroxyl groups excluding tert-OH is 1. The van der Waals surface area contributed by atoms with Crippen LogP contribution in [0.15, 0.2) is 29.2 Å². The SMILES string of the molecule is CCSCC[C@@H](N)C(O)C(=O)NNS(=O)(=O)c1ccc(C)cc1. The van der Waals surface area contributed by atoms with Gasteiger partial charge in [0.1, 0.15) is 6.10 Å². The number of hydrazine groups is 1. The molecule has 1 aromatic rings. The van der Waals surface area contributed by atoms with Gasteiger partial charge in [0.25, 0.3) is 15.9 Å². The predicted octanol–water partition coefficient (Wildman–Crippen LogP) is 0.136. The van der Waals surface area contributed by atoms with Crippen molar-refractivity contribution < 1.29 is 18.3 Å². The van der Waals surface area contributed by atoms with E-state index in [0.717, 1.165) is 17.1 Å². The molecular weight excluding hydrogens is 338 g/mol. The van der Waals surface area contributed by atoms with E-state index in [2.05, 4.69) is 0 Å². The van der Waals surface area contributed by atoms with E-state index in [4.69, 9.17) is 5.73 Å². The normalized spacial score (nSPS) is 14.3. The third-order valence-corrected chi connectivity index (χ3v) is 5.31. The van der Waals surface area contributed by atoms with E-state index in [0.29, 0.717) is 6.42 Å². The average Bonchev–Trinajstić information content (AvgIpc) is 2.52. The highest BCUT2D eigenvalue weighted by Gasteiger charge is 2.24. The molecule has 7 nitrogen and oxygen atoms in total. The number of aryl methyl sites for hydroxylation is 1. The summed E-state index contributed by atoms with van der Waals surface area (Å²) < 4.78 is 24.0. The Labute approximate surface area is 141 Å². The number of sulfonamides is 1. The molecule has 2 atom stereocenters. The van der Waals surface area contributed by atoms with Crippen LogP contribution in [-0.2, 0) is 14.8 Å². The van der Waals surface area contributed by atoms with Gasteiger partial charge in [0.05, 0.1) is 4.90 Å². The molecule has 0 aromatic heterocycles. The van der Waals surface area contributed by atoms with Crippen LogP contribution in [-0.4, -0.2) is 43.1 Å². The Bertz CT molecular complexity index is 605. The largest absolute Gasteiger partial charge is 0.382 e. The maximum atomic E-state index is 12.0. The smallest absolute Gasteiger partial charge is 0.265 e. The van der Waals surface area contributed by atoms with Gasteiger partial charge < -0.3 is 10.8 Å². The molecule has 0 bridgehead atoms. The van der Waals surface area contributed by atoms with Gasteiger partial charge in [-0.05, 0) is 37.0 Å². The maximum Gasteiger partial charge on any atom is 0.265 e. The summed E-state index contributed by atoms with van der Waals surface area (Å²) in [6.45, 7) is 3.83. The molecule has 0 spiro atoms. The lowest BCUT2D eigenvalue weighted by molar-refractivity contribution is -0.130. The summed E-state index contributed by atoms with van der Waals surface area (Å²) in [6.07, 6.45) is -1.02. The van der Waals surface area contributed by atoms with Gasteiger partial charge in [-0.15, -0.1) is 4.83 Å². The summed E-state index contributed by atoms with van der Waals surface area (Å²) in [5, 5.41) is 9.81. The second-order valence-electron chi connectivity index (χ2n) is 5.00. The Morgan fingerprint density at radius 1 is 1.35 bits per heavy atom. The van der Waals surface area contributed by atoms with Crippen molar-refractivity contribution in [3.05, 3.63) is 29.8 Å². The van der Waals surface area contributed by atoms with E-state index in [-0.39, 0.29) is 4.90 Å². The molecule has 0 aliphatic carbocycles. The molecule has 5 N–H and O–H groups in total. The number of amides is 1. The number of nitrogens with two attached hydrogens (primary N) is 1. The van der Waals surface area contributed by atoms with Crippen LogP contribution in [0.2, 0.25) is 0 Å². The lowest BCUT2D eigenvalue weighted by atomic mass is 10.1. The maximum absolute atomic E-state index is 12.0. The Morgan fingerprint density at radius 3 is 2.52 bits per heavy atom. The standard InChI is InChI=1S/C14H23N3O4S2/c1-3-22-9-8-12(15)13(18)14(19)16-17-23(20,21)11-6-4-10(2)5-7-11/h4-7,12-13,17-18H,3,8-9,15H2,1-2H3,(H,16,19)/t12-,13?/m1/s1. The van der Waals surface area contributed by atoms with E-state index in [1.165, 1.54) is 12.1 Å². The molecular formula is C14H23N3O4S2. The number of nitrogens with one attached hydrogen (secondary N) is 2. The van der Waals surface area contributed by atoms with E-state index in [9.17, 15) is 18.3 Å². The third-order valence-electron chi connectivity index (χ3n) is 3.11. The molecule has 1 aromatic carbocycles. The first-order valence-electron chi connectivity index (χ1n) is 7.17. The van der Waals surface area contributed by atoms with Gasteiger partial charge in [-0.2, -0.15) is 11.8 Å². The summed E-state index contributed by atoms with van der Waals surface area (Å²) in [5.41, 5.74) is 8.63. The second kappa shape index (κ2) is 9.24.